The average molecular weight is 309 g/mol. The van der Waals surface area contributed by atoms with E-state index in [-0.39, 0.29) is 30.4 Å². The van der Waals surface area contributed by atoms with Gasteiger partial charge in [0.15, 0.2) is 0 Å². The van der Waals surface area contributed by atoms with Crippen LogP contribution in [0.2, 0.25) is 0 Å². The van der Waals surface area contributed by atoms with Crippen LogP contribution in [0.4, 0.5) is 0 Å². The minimum Gasteiger partial charge on any atom is -0.396 e. The van der Waals surface area contributed by atoms with Gasteiger partial charge in [-0.05, 0) is 23.8 Å². The monoisotopic (exact) mass is 309 g/mol. The molecule has 7 heteroatoms. The minimum absolute atomic E-state index is 0.0999. The largest absolute Gasteiger partial charge is 0.396 e. The van der Waals surface area contributed by atoms with Crippen molar-refractivity contribution in [1.29, 1.82) is 0 Å². The highest BCUT2D eigenvalue weighted by Crippen LogP contribution is 2.13. The van der Waals surface area contributed by atoms with Crippen LogP contribution in [0.5, 0.6) is 0 Å². The number of carbonyl (C=O) groups is 1. The Morgan fingerprint density at radius 3 is 3.14 bits per heavy atom. The molecule has 0 aliphatic rings. The topological polar surface area (TPSA) is 84.2 Å². The Hall–Kier alpha value is -1.73. The van der Waals surface area contributed by atoms with Crippen molar-refractivity contribution in [3.63, 3.8) is 0 Å². The molecule has 1 atom stereocenters. The molecule has 0 fully saturated rings. The Morgan fingerprint density at radius 1 is 1.57 bits per heavy atom. The van der Waals surface area contributed by atoms with E-state index in [9.17, 15) is 9.59 Å². The molecule has 2 aromatic heterocycles. The summed E-state index contributed by atoms with van der Waals surface area (Å²) in [5, 5.41) is 14.0. The van der Waals surface area contributed by atoms with E-state index < -0.39 is 0 Å². The predicted molar refractivity (Wildman–Crippen MR) is 82.4 cm³/mol. The van der Waals surface area contributed by atoms with Crippen LogP contribution in [0.3, 0.4) is 0 Å². The standard InChI is InChI=1S/C14H19N3O3S/c1-10(3-6-18)8-15-12(19)2-5-17-9-16-13-11(14(17)20)4-7-21-13/h4,7,9-10,18H,2-3,5-6,8H2,1H3,(H,15,19). The Labute approximate surface area is 126 Å². The number of aliphatic hydroxyl groups is 1. The summed E-state index contributed by atoms with van der Waals surface area (Å²) >= 11 is 1.43. The van der Waals surface area contributed by atoms with Crippen LogP contribution in [0.25, 0.3) is 10.2 Å². The lowest BCUT2D eigenvalue weighted by atomic mass is 10.1. The summed E-state index contributed by atoms with van der Waals surface area (Å²) in [6.45, 7) is 2.95. The average Bonchev–Trinajstić information content (AvgIpc) is 2.94. The van der Waals surface area contributed by atoms with Gasteiger partial charge < -0.3 is 10.4 Å². The first-order valence-electron chi connectivity index (χ1n) is 6.92. The number of nitrogens with one attached hydrogen (secondary N) is 1. The highest BCUT2D eigenvalue weighted by atomic mass is 32.1. The fraction of sp³-hybridized carbons (Fsp3) is 0.500. The number of fused-ring (bicyclic) bond motifs is 1. The van der Waals surface area contributed by atoms with Crippen molar-refractivity contribution in [2.24, 2.45) is 5.92 Å². The molecule has 2 N–H and O–H groups in total. The Morgan fingerprint density at radius 2 is 2.38 bits per heavy atom. The van der Waals surface area contributed by atoms with E-state index in [0.29, 0.717) is 24.9 Å². The van der Waals surface area contributed by atoms with E-state index in [2.05, 4.69) is 10.3 Å². The number of carbonyl (C=O) groups excluding carboxylic acids is 1. The molecule has 1 unspecified atom stereocenters. The van der Waals surface area contributed by atoms with Crippen molar-refractivity contribution in [2.45, 2.75) is 26.3 Å². The van der Waals surface area contributed by atoms with Crippen LogP contribution < -0.4 is 10.9 Å². The van der Waals surface area contributed by atoms with Crippen LogP contribution >= 0.6 is 11.3 Å². The fourth-order valence-electron chi connectivity index (χ4n) is 1.97. The molecule has 114 valence electrons. The quantitative estimate of drug-likeness (QED) is 0.798. The molecule has 0 radical (unpaired) electrons. The van der Waals surface area contributed by atoms with Gasteiger partial charge in [-0.2, -0.15) is 0 Å². The predicted octanol–water partition coefficient (Wildman–Crippen LogP) is 0.983. The molecule has 0 saturated heterocycles. The molecule has 0 saturated carbocycles. The summed E-state index contributed by atoms with van der Waals surface area (Å²) in [4.78, 5) is 28.8. The van der Waals surface area contributed by atoms with Crippen molar-refractivity contribution < 1.29 is 9.90 Å². The SMILES string of the molecule is CC(CCO)CNC(=O)CCn1cnc2sccc2c1=O. The molecule has 2 rings (SSSR count). The zero-order valence-corrected chi connectivity index (χ0v) is 12.7. The van der Waals surface area contributed by atoms with Gasteiger partial charge in [-0.15, -0.1) is 11.3 Å². The lowest BCUT2D eigenvalue weighted by Gasteiger charge is -2.11. The second kappa shape index (κ2) is 7.33. The van der Waals surface area contributed by atoms with Crippen LogP contribution in [0.15, 0.2) is 22.6 Å². The van der Waals surface area contributed by atoms with Crippen molar-refractivity contribution in [3.8, 4) is 0 Å². The number of aromatic nitrogens is 2. The van der Waals surface area contributed by atoms with E-state index in [0.717, 1.165) is 4.83 Å². The number of nitrogens with zero attached hydrogens (tertiary/aromatic N) is 2. The molecular formula is C14H19N3O3S. The zero-order chi connectivity index (χ0) is 15.2. The van der Waals surface area contributed by atoms with Gasteiger partial charge >= 0.3 is 0 Å². The third kappa shape index (κ3) is 4.12. The number of amides is 1. The molecule has 21 heavy (non-hydrogen) atoms. The molecule has 0 aliphatic heterocycles. The number of thiophene rings is 1. The van der Waals surface area contributed by atoms with E-state index in [1.807, 2.05) is 12.3 Å². The highest BCUT2D eigenvalue weighted by molar-refractivity contribution is 7.16. The van der Waals surface area contributed by atoms with Crippen molar-refractivity contribution in [1.82, 2.24) is 14.9 Å². The lowest BCUT2D eigenvalue weighted by Crippen LogP contribution is -2.30. The third-order valence-corrected chi connectivity index (χ3v) is 4.12. The summed E-state index contributed by atoms with van der Waals surface area (Å²) in [6.07, 6.45) is 2.39. The first-order valence-corrected chi connectivity index (χ1v) is 7.80. The Balaban J connectivity index is 1.88. The van der Waals surface area contributed by atoms with E-state index in [1.165, 1.54) is 22.2 Å². The maximum atomic E-state index is 12.1. The first kappa shape index (κ1) is 15.7. The van der Waals surface area contributed by atoms with Gasteiger partial charge in [0.25, 0.3) is 5.56 Å². The molecule has 0 bridgehead atoms. The van der Waals surface area contributed by atoms with Gasteiger partial charge in [-0.3, -0.25) is 14.2 Å². The summed E-state index contributed by atoms with van der Waals surface area (Å²) in [7, 11) is 0. The van der Waals surface area contributed by atoms with Crippen molar-refractivity contribution >= 4 is 27.5 Å². The maximum absolute atomic E-state index is 12.1. The van der Waals surface area contributed by atoms with Gasteiger partial charge in [-0.25, -0.2) is 4.98 Å². The minimum atomic E-state index is -0.109. The fourth-order valence-corrected chi connectivity index (χ4v) is 2.70. The van der Waals surface area contributed by atoms with Crippen molar-refractivity contribution in [3.05, 3.63) is 28.1 Å². The van der Waals surface area contributed by atoms with Crippen LogP contribution in [-0.4, -0.2) is 33.7 Å². The second-order valence-corrected chi connectivity index (χ2v) is 5.95. The maximum Gasteiger partial charge on any atom is 0.262 e. The summed E-state index contributed by atoms with van der Waals surface area (Å²) < 4.78 is 1.46. The molecule has 2 heterocycles. The molecule has 0 aromatic carbocycles. The molecule has 2 aromatic rings. The number of rotatable bonds is 7. The first-order chi connectivity index (χ1) is 10.1. The second-order valence-electron chi connectivity index (χ2n) is 5.05. The highest BCUT2D eigenvalue weighted by Gasteiger charge is 2.08. The molecule has 1 amide bonds. The lowest BCUT2D eigenvalue weighted by molar-refractivity contribution is -0.121. The van der Waals surface area contributed by atoms with Gasteiger partial charge in [0, 0.05) is 26.1 Å². The van der Waals surface area contributed by atoms with Crippen molar-refractivity contribution in [2.75, 3.05) is 13.2 Å². The normalized spacial score (nSPS) is 12.5. The van der Waals surface area contributed by atoms with E-state index in [1.54, 1.807) is 6.07 Å². The molecule has 0 spiro atoms. The third-order valence-electron chi connectivity index (χ3n) is 3.30. The summed E-state index contributed by atoms with van der Waals surface area (Å²) in [5.74, 6) is 0.141. The smallest absolute Gasteiger partial charge is 0.262 e. The molecular weight excluding hydrogens is 290 g/mol. The number of aryl methyl sites for hydroxylation is 1. The number of hydrogen-bond acceptors (Lipinski definition) is 5. The van der Waals surface area contributed by atoms with Crippen LogP contribution in [0, 0.1) is 5.92 Å². The molecule has 0 aliphatic carbocycles. The van der Waals surface area contributed by atoms with Crippen LogP contribution in [-0.2, 0) is 11.3 Å². The Kier molecular flexibility index (Phi) is 5.46. The Bertz CT molecular complexity index is 665. The summed E-state index contributed by atoms with van der Waals surface area (Å²) in [5.41, 5.74) is -0.109. The van der Waals surface area contributed by atoms with E-state index in [4.69, 9.17) is 5.11 Å². The summed E-state index contributed by atoms with van der Waals surface area (Å²) in [6, 6.07) is 1.75. The van der Waals surface area contributed by atoms with E-state index >= 15 is 0 Å². The number of aliphatic hydroxyl groups excluding tert-OH is 1. The van der Waals surface area contributed by atoms with Gasteiger partial charge in [0.2, 0.25) is 5.91 Å². The zero-order valence-electron chi connectivity index (χ0n) is 11.9. The van der Waals surface area contributed by atoms with Gasteiger partial charge in [-0.1, -0.05) is 6.92 Å². The van der Waals surface area contributed by atoms with Crippen LogP contribution in [0.1, 0.15) is 19.8 Å². The molecule has 6 nitrogen and oxygen atoms in total. The van der Waals surface area contributed by atoms with Gasteiger partial charge in [0.05, 0.1) is 11.7 Å². The van der Waals surface area contributed by atoms with Gasteiger partial charge in [0.1, 0.15) is 4.83 Å². The number of hydrogen-bond donors (Lipinski definition) is 2.